The van der Waals surface area contributed by atoms with Crippen molar-refractivity contribution in [1.82, 2.24) is 4.90 Å². The molecule has 7 nitrogen and oxygen atoms in total. The van der Waals surface area contributed by atoms with Gasteiger partial charge < -0.3 is 14.5 Å². The number of amides is 1. The number of piperazine rings is 1. The number of carbonyl (C=O) groups is 1. The molecule has 0 bridgehead atoms. The minimum Gasteiger partial charge on any atom is -0.497 e. The molecule has 0 aromatic heterocycles. The summed E-state index contributed by atoms with van der Waals surface area (Å²) in [6, 6.07) is 21.0. The first-order valence-electron chi connectivity index (χ1n) is 12.0. The van der Waals surface area contributed by atoms with E-state index in [0.29, 0.717) is 24.3 Å². The Bertz CT molecular complexity index is 1290. The molecule has 4 rings (SSSR count). The van der Waals surface area contributed by atoms with Crippen LogP contribution >= 0.6 is 0 Å². The van der Waals surface area contributed by atoms with Gasteiger partial charge in [0.1, 0.15) is 5.75 Å². The van der Waals surface area contributed by atoms with Crippen LogP contribution in [0.5, 0.6) is 5.75 Å². The van der Waals surface area contributed by atoms with Crippen LogP contribution in [-0.4, -0.2) is 58.8 Å². The van der Waals surface area contributed by atoms with E-state index in [-0.39, 0.29) is 12.5 Å². The Morgan fingerprint density at radius 3 is 2.00 bits per heavy atom. The van der Waals surface area contributed by atoms with Crippen LogP contribution in [0, 0.1) is 13.8 Å². The second-order valence-corrected chi connectivity index (χ2v) is 11.1. The first-order valence-corrected chi connectivity index (χ1v) is 13.8. The zero-order valence-corrected chi connectivity index (χ0v) is 22.1. The molecule has 0 N–H and O–H groups in total. The molecule has 8 heteroatoms. The van der Waals surface area contributed by atoms with E-state index in [1.54, 1.807) is 19.2 Å². The van der Waals surface area contributed by atoms with Gasteiger partial charge in [0.2, 0.25) is 10.0 Å². The third kappa shape index (κ3) is 5.65. The first kappa shape index (κ1) is 25.6. The summed E-state index contributed by atoms with van der Waals surface area (Å²) in [5, 5.41) is 0. The molecule has 3 aromatic carbocycles. The number of anilines is 2. The van der Waals surface area contributed by atoms with Crippen molar-refractivity contribution in [2.45, 2.75) is 20.4 Å². The average Bonchev–Trinajstić information content (AvgIpc) is 2.87. The lowest BCUT2D eigenvalue weighted by molar-refractivity contribution is 0.0746. The molecular formula is C28H33N3O4S. The van der Waals surface area contributed by atoms with Crippen LogP contribution in [0.4, 0.5) is 11.4 Å². The maximum atomic E-state index is 13.1. The third-order valence-corrected chi connectivity index (χ3v) is 7.73. The van der Waals surface area contributed by atoms with Crippen LogP contribution in [0.3, 0.4) is 0 Å². The van der Waals surface area contributed by atoms with E-state index >= 15 is 0 Å². The van der Waals surface area contributed by atoms with Gasteiger partial charge in [-0.3, -0.25) is 9.10 Å². The van der Waals surface area contributed by atoms with Crippen molar-refractivity contribution in [3.8, 4) is 5.75 Å². The number of benzene rings is 3. The lowest BCUT2D eigenvalue weighted by Crippen LogP contribution is -2.48. The zero-order chi connectivity index (χ0) is 25.9. The quantitative estimate of drug-likeness (QED) is 0.479. The van der Waals surface area contributed by atoms with E-state index in [1.807, 2.05) is 73.3 Å². The third-order valence-electron chi connectivity index (χ3n) is 6.62. The van der Waals surface area contributed by atoms with E-state index in [9.17, 15) is 13.2 Å². The van der Waals surface area contributed by atoms with Crippen LogP contribution in [0.15, 0.2) is 66.7 Å². The van der Waals surface area contributed by atoms with Crippen LogP contribution < -0.4 is 13.9 Å². The summed E-state index contributed by atoms with van der Waals surface area (Å²) in [5.74, 6) is 0.815. The molecule has 1 saturated heterocycles. The van der Waals surface area contributed by atoms with Crippen LogP contribution in [-0.2, 0) is 16.6 Å². The van der Waals surface area contributed by atoms with Crippen molar-refractivity contribution in [3.05, 3.63) is 89.0 Å². The normalized spacial score (nSPS) is 14.0. The smallest absolute Gasteiger partial charge is 0.253 e. The van der Waals surface area contributed by atoms with Crippen LogP contribution in [0.2, 0.25) is 0 Å². The fourth-order valence-electron chi connectivity index (χ4n) is 4.62. The predicted octanol–water partition coefficient (Wildman–Crippen LogP) is 4.24. The maximum absolute atomic E-state index is 13.1. The number of aryl methyl sites for hydroxylation is 2. The summed E-state index contributed by atoms with van der Waals surface area (Å²) in [4.78, 5) is 17.2. The highest BCUT2D eigenvalue weighted by molar-refractivity contribution is 7.92. The summed E-state index contributed by atoms with van der Waals surface area (Å²) in [6.07, 6.45) is 1.22. The lowest BCUT2D eigenvalue weighted by Gasteiger charge is -2.36. The molecule has 0 saturated carbocycles. The summed E-state index contributed by atoms with van der Waals surface area (Å²) < 4.78 is 31.9. The van der Waals surface area contributed by atoms with Crippen molar-refractivity contribution in [1.29, 1.82) is 0 Å². The number of carbonyl (C=O) groups excluding carboxylic acids is 1. The summed E-state index contributed by atoms with van der Waals surface area (Å²) in [5.41, 5.74) is 5.06. The Morgan fingerprint density at radius 1 is 0.889 bits per heavy atom. The van der Waals surface area contributed by atoms with E-state index in [2.05, 4.69) is 4.90 Å². The van der Waals surface area contributed by atoms with Crippen LogP contribution in [0.25, 0.3) is 0 Å². The second kappa shape index (κ2) is 10.6. The molecule has 1 amide bonds. The molecule has 0 atom stereocenters. The van der Waals surface area contributed by atoms with Crippen molar-refractivity contribution >= 4 is 27.3 Å². The van der Waals surface area contributed by atoms with E-state index in [4.69, 9.17) is 4.74 Å². The minimum absolute atomic E-state index is 0.00866. The van der Waals surface area contributed by atoms with Gasteiger partial charge in [-0.2, -0.15) is 0 Å². The molecular weight excluding hydrogens is 474 g/mol. The summed E-state index contributed by atoms with van der Waals surface area (Å²) in [6.45, 7) is 6.83. The second-order valence-electron chi connectivity index (χ2n) is 9.18. The van der Waals surface area contributed by atoms with Gasteiger partial charge in [0, 0.05) is 37.4 Å². The first-order chi connectivity index (χ1) is 17.2. The van der Waals surface area contributed by atoms with E-state index in [1.165, 1.54) is 10.6 Å². The van der Waals surface area contributed by atoms with Crippen LogP contribution in [0.1, 0.15) is 27.0 Å². The van der Waals surface area contributed by atoms with Crippen molar-refractivity contribution in [3.63, 3.8) is 0 Å². The zero-order valence-electron chi connectivity index (χ0n) is 21.3. The highest BCUT2D eigenvalue weighted by Gasteiger charge is 2.24. The summed E-state index contributed by atoms with van der Waals surface area (Å²) >= 11 is 0. The van der Waals surface area contributed by atoms with Crippen molar-refractivity contribution in [2.24, 2.45) is 0 Å². The van der Waals surface area contributed by atoms with Gasteiger partial charge in [-0.15, -0.1) is 0 Å². The fourth-order valence-corrected chi connectivity index (χ4v) is 5.63. The monoisotopic (exact) mass is 507 g/mol. The molecule has 36 heavy (non-hydrogen) atoms. The number of para-hydroxylation sites is 1. The van der Waals surface area contributed by atoms with Gasteiger partial charge >= 0.3 is 0 Å². The Balaban J connectivity index is 1.42. The molecule has 0 radical (unpaired) electrons. The molecule has 190 valence electrons. The average molecular weight is 508 g/mol. The number of ether oxygens (including phenoxy) is 1. The van der Waals surface area contributed by atoms with Crippen molar-refractivity contribution in [2.75, 3.05) is 48.7 Å². The van der Waals surface area contributed by atoms with Gasteiger partial charge in [-0.1, -0.05) is 30.3 Å². The fraction of sp³-hybridized carbons (Fsp3) is 0.321. The predicted molar refractivity (Wildman–Crippen MR) is 144 cm³/mol. The highest BCUT2D eigenvalue weighted by Crippen LogP contribution is 2.28. The molecule has 1 heterocycles. The van der Waals surface area contributed by atoms with Gasteiger partial charge in [-0.05, 0) is 66.9 Å². The molecule has 0 spiro atoms. The van der Waals surface area contributed by atoms with Crippen molar-refractivity contribution < 1.29 is 17.9 Å². The standard InChI is InChI=1S/C28H33N3O4S/c1-21-6-5-7-22(2)27(21)31(36(4,33)34)20-23-8-10-24(11-9-23)28(32)30-18-16-29(17-19-30)25-12-14-26(35-3)15-13-25/h5-15H,16-20H2,1-4H3. The molecule has 0 aliphatic carbocycles. The lowest BCUT2D eigenvalue weighted by atomic mass is 10.1. The maximum Gasteiger partial charge on any atom is 0.253 e. The number of methoxy groups -OCH3 is 1. The van der Waals surface area contributed by atoms with E-state index in [0.717, 1.165) is 41.2 Å². The van der Waals surface area contributed by atoms with Gasteiger partial charge in [-0.25, -0.2) is 8.42 Å². The summed E-state index contributed by atoms with van der Waals surface area (Å²) in [7, 11) is -1.84. The Morgan fingerprint density at radius 2 is 1.47 bits per heavy atom. The Kier molecular flexibility index (Phi) is 7.54. The van der Waals surface area contributed by atoms with Gasteiger partial charge in [0.25, 0.3) is 5.91 Å². The number of rotatable bonds is 7. The van der Waals surface area contributed by atoms with Gasteiger partial charge in [0.05, 0.1) is 25.6 Å². The largest absolute Gasteiger partial charge is 0.497 e. The topological polar surface area (TPSA) is 70.2 Å². The Labute approximate surface area is 214 Å². The molecule has 3 aromatic rings. The minimum atomic E-state index is -3.49. The van der Waals surface area contributed by atoms with Gasteiger partial charge in [0.15, 0.2) is 0 Å². The number of hydrogen-bond donors (Lipinski definition) is 0. The molecule has 1 aliphatic heterocycles. The number of nitrogens with zero attached hydrogens (tertiary/aromatic N) is 3. The highest BCUT2D eigenvalue weighted by atomic mass is 32.2. The number of sulfonamides is 1. The molecule has 1 fully saturated rings. The Hall–Kier alpha value is -3.52. The van der Waals surface area contributed by atoms with E-state index < -0.39 is 10.0 Å². The SMILES string of the molecule is COc1ccc(N2CCN(C(=O)c3ccc(CN(c4c(C)cccc4C)S(C)(=O)=O)cc3)CC2)cc1. The molecule has 1 aliphatic rings. The number of hydrogen-bond acceptors (Lipinski definition) is 5. The molecule has 0 unspecified atom stereocenters.